The van der Waals surface area contributed by atoms with E-state index in [-0.39, 0.29) is 18.2 Å². The third-order valence-corrected chi connectivity index (χ3v) is 2.32. The molecule has 1 atom stereocenters. The molecule has 0 heterocycles. The highest BCUT2D eigenvalue weighted by Gasteiger charge is 2.10. The summed E-state index contributed by atoms with van der Waals surface area (Å²) in [5.41, 5.74) is 0.772. The Morgan fingerprint density at radius 2 is 1.94 bits per heavy atom. The third kappa shape index (κ3) is 4.69. The predicted molar refractivity (Wildman–Crippen MR) is 67.0 cm³/mol. The van der Waals surface area contributed by atoms with E-state index in [0.29, 0.717) is 0 Å². The number of rotatable bonds is 5. The van der Waals surface area contributed by atoms with E-state index < -0.39 is 11.9 Å². The van der Waals surface area contributed by atoms with Crippen LogP contribution < -0.4 is 5.32 Å². The van der Waals surface area contributed by atoms with Crippen LogP contribution in [0.15, 0.2) is 30.3 Å². The fourth-order valence-electron chi connectivity index (χ4n) is 1.16. The summed E-state index contributed by atoms with van der Waals surface area (Å²) in [6.07, 6.45) is 2.90. The van der Waals surface area contributed by atoms with Crippen LogP contribution in [-0.4, -0.2) is 28.6 Å². The largest absolute Gasteiger partial charge is 0.508 e. The predicted octanol–water partition coefficient (Wildman–Crippen LogP) is 1.24. The maximum atomic E-state index is 11.4. The Labute approximate surface area is 105 Å². The fraction of sp³-hybridized carbons (Fsp3) is 0.231. The zero-order chi connectivity index (χ0) is 13.5. The number of nitrogens with one attached hydrogen (secondary N) is 1. The Morgan fingerprint density at radius 3 is 2.50 bits per heavy atom. The van der Waals surface area contributed by atoms with Crippen molar-refractivity contribution >= 4 is 18.0 Å². The van der Waals surface area contributed by atoms with Crippen molar-refractivity contribution in [1.82, 2.24) is 5.32 Å². The van der Waals surface area contributed by atoms with Gasteiger partial charge in [0.1, 0.15) is 5.75 Å². The van der Waals surface area contributed by atoms with Gasteiger partial charge in [-0.05, 0) is 23.8 Å². The average Bonchev–Trinajstić information content (AvgIpc) is 2.35. The molecule has 0 aromatic heterocycles. The molecule has 1 aromatic carbocycles. The van der Waals surface area contributed by atoms with Crippen LogP contribution in [0.3, 0.4) is 0 Å². The van der Waals surface area contributed by atoms with E-state index in [4.69, 9.17) is 10.2 Å². The third-order valence-electron chi connectivity index (χ3n) is 2.32. The molecule has 1 amide bonds. The molecular weight excluding hydrogens is 234 g/mol. The Kier molecular flexibility index (Phi) is 4.92. The molecular formula is C13H15NO4. The minimum absolute atomic E-state index is 0.0914. The van der Waals surface area contributed by atoms with Gasteiger partial charge in [0.2, 0.25) is 5.91 Å². The highest BCUT2D eigenvalue weighted by Crippen LogP contribution is 2.10. The summed E-state index contributed by atoms with van der Waals surface area (Å²) in [4.78, 5) is 21.9. The van der Waals surface area contributed by atoms with E-state index in [9.17, 15) is 9.59 Å². The number of carbonyl (C=O) groups is 2. The number of phenols is 1. The number of amides is 1. The summed E-state index contributed by atoms with van der Waals surface area (Å²) in [6.45, 7) is 1.61. The van der Waals surface area contributed by atoms with Crippen LogP contribution in [0.2, 0.25) is 0 Å². The Balaban J connectivity index is 2.45. The number of carboxylic acids is 1. The van der Waals surface area contributed by atoms with Gasteiger partial charge in [0.25, 0.3) is 0 Å². The molecule has 5 nitrogen and oxygen atoms in total. The van der Waals surface area contributed by atoms with E-state index in [2.05, 4.69) is 5.32 Å². The van der Waals surface area contributed by atoms with Gasteiger partial charge >= 0.3 is 5.97 Å². The molecule has 0 saturated heterocycles. The number of phenolic OH excluding ortho intramolecular Hbond substituents is 1. The maximum Gasteiger partial charge on any atom is 0.308 e. The first-order valence-corrected chi connectivity index (χ1v) is 5.47. The Hall–Kier alpha value is -2.30. The smallest absolute Gasteiger partial charge is 0.308 e. The summed E-state index contributed by atoms with van der Waals surface area (Å²) >= 11 is 0. The summed E-state index contributed by atoms with van der Waals surface area (Å²) in [7, 11) is 0. The summed E-state index contributed by atoms with van der Waals surface area (Å²) in [5, 5.41) is 20.2. The van der Waals surface area contributed by atoms with Gasteiger partial charge in [0, 0.05) is 12.6 Å². The molecule has 1 aromatic rings. The molecule has 1 rings (SSSR count). The number of carbonyl (C=O) groups excluding carboxylic acids is 1. The molecule has 5 heteroatoms. The monoisotopic (exact) mass is 249 g/mol. The SMILES string of the molecule is CC(CNC(=O)C=Cc1ccc(O)cc1)C(=O)O. The number of aromatic hydroxyl groups is 1. The lowest BCUT2D eigenvalue weighted by molar-refractivity contribution is -0.141. The van der Waals surface area contributed by atoms with Crippen molar-refractivity contribution in [2.24, 2.45) is 5.92 Å². The first-order chi connectivity index (χ1) is 8.49. The molecule has 0 aliphatic carbocycles. The quantitative estimate of drug-likeness (QED) is 0.685. The molecule has 96 valence electrons. The Morgan fingerprint density at radius 1 is 1.33 bits per heavy atom. The molecule has 0 aliphatic rings. The van der Waals surface area contributed by atoms with Gasteiger partial charge in [0.15, 0.2) is 0 Å². The minimum atomic E-state index is -0.946. The molecule has 0 bridgehead atoms. The zero-order valence-electron chi connectivity index (χ0n) is 9.96. The van der Waals surface area contributed by atoms with Crippen molar-refractivity contribution in [3.63, 3.8) is 0 Å². The van der Waals surface area contributed by atoms with Crippen LogP contribution in [0.5, 0.6) is 5.75 Å². The van der Waals surface area contributed by atoms with Gasteiger partial charge in [-0.2, -0.15) is 0 Å². The van der Waals surface area contributed by atoms with Gasteiger partial charge in [0.05, 0.1) is 5.92 Å². The van der Waals surface area contributed by atoms with Crippen LogP contribution in [0.25, 0.3) is 6.08 Å². The summed E-state index contributed by atoms with van der Waals surface area (Å²) in [6, 6.07) is 6.37. The van der Waals surface area contributed by atoms with Crippen LogP contribution in [0, 0.1) is 5.92 Å². The lowest BCUT2D eigenvalue weighted by Gasteiger charge is -2.05. The van der Waals surface area contributed by atoms with Gasteiger partial charge in [-0.25, -0.2) is 0 Å². The van der Waals surface area contributed by atoms with Crippen molar-refractivity contribution in [3.05, 3.63) is 35.9 Å². The topological polar surface area (TPSA) is 86.6 Å². The van der Waals surface area contributed by atoms with E-state index in [1.165, 1.54) is 25.1 Å². The number of benzene rings is 1. The van der Waals surface area contributed by atoms with Crippen LogP contribution in [-0.2, 0) is 9.59 Å². The highest BCUT2D eigenvalue weighted by atomic mass is 16.4. The molecule has 0 saturated carbocycles. The minimum Gasteiger partial charge on any atom is -0.508 e. The second-order valence-electron chi connectivity index (χ2n) is 3.91. The van der Waals surface area contributed by atoms with E-state index in [1.54, 1.807) is 18.2 Å². The molecule has 18 heavy (non-hydrogen) atoms. The summed E-state index contributed by atoms with van der Waals surface area (Å²) in [5.74, 6) is -1.75. The van der Waals surface area contributed by atoms with Gasteiger partial charge in [-0.3, -0.25) is 9.59 Å². The Bertz CT molecular complexity index is 451. The van der Waals surface area contributed by atoms with Crippen LogP contribution in [0.1, 0.15) is 12.5 Å². The normalized spacial score (nSPS) is 12.3. The second kappa shape index (κ2) is 6.44. The molecule has 0 radical (unpaired) electrons. The van der Waals surface area contributed by atoms with Crippen molar-refractivity contribution in [2.75, 3.05) is 6.54 Å². The van der Waals surface area contributed by atoms with Crippen LogP contribution in [0.4, 0.5) is 0 Å². The fourth-order valence-corrected chi connectivity index (χ4v) is 1.16. The number of hydrogen-bond donors (Lipinski definition) is 3. The highest BCUT2D eigenvalue weighted by molar-refractivity contribution is 5.91. The molecule has 0 aliphatic heterocycles. The molecule has 0 fully saturated rings. The zero-order valence-corrected chi connectivity index (χ0v) is 9.96. The van der Waals surface area contributed by atoms with E-state index in [0.717, 1.165) is 5.56 Å². The van der Waals surface area contributed by atoms with E-state index in [1.807, 2.05) is 0 Å². The molecule has 3 N–H and O–H groups in total. The van der Waals surface area contributed by atoms with Gasteiger partial charge in [-0.15, -0.1) is 0 Å². The van der Waals surface area contributed by atoms with Gasteiger partial charge in [-0.1, -0.05) is 19.1 Å². The number of carboxylic acid groups (broad SMARTS) is 1. The van der Waals surface area contributed by atoms with Crippen LogP contribution >= 0.6 is 0 Å². The number of aliphatic carboxylic acids is 1. The van der Waals surface area contributed by atoms with Crippen molar-refractivity contribution in [3.8, 4) is 5.75 Å². The number of hydrogen-bond acceptors (Lipinski definition) is 3. The first kappa shape index (κ1) is 13.8. The first-order valence-electron chi connectivity index (χ1n) is 5.47. The van der Waals surface area contributed by atoms with Crippen molar-refractivity contribution < 1.29 is 19.8 Å². The molecule has 0 spiro atoms. The van der Waals surface area contributed by atoms with Crippen molar-refractivity contribution in [2.45, 2.75) is 6.92 Å². The van der Waals surface area contributed by atoms with Crippen molar-refractivity contribution in [1.29, 1.82) is 0 Å². The lowest BCUT2D eigenvalue weighted by atomic mass is 10.2. The second-order valence-corrected chi connectivity index (χ2v) is 3.91. The van der Waals surface area contributed by atoms with E-state index >= 15 is 0 Å². The maximum absolute atomic E-state index is 11.4. The van der Waals surface area contributed by atoms with Gasteiger partial charge < -0.3 is 15.5 Å². The summed E-state index contributed by atoms with van der Waals surface area (Å²) < 4.78 is 0. The lowest BCUT2D eigenvalue weighted by Crippen LogP contribution is -2.30. The average molecular weight is 249 g/mol. The standard InChI is InChI=1S/C13H15NO4/c1-9(13(17)18)8-14-12(16)7-4-10-2-5-11(15)6-3-10/h2-7,9,15H,8H2,1H3,(H,14,16)(H,17,18). The molecule has 1 unspecified atom stereocenters.